The summed E-state index contributed by atoms with van der Waals surface area (Å²) in [6.45, 7) is 3.47. The standard InChI is InChI=1S/C23H27N3O3S2/c27-31(28,26-12-14-29-15-13-26)19-7-5-6-18(16-19)17-25-11-4-3-9-21(25)23-24-20-8-1-2-10-22(20)30-23/h1-2,5-8,10,16,21H,3-4,9,11-15,17H2. The van der Waals surface area contributed by atoms with Crippen LogP contribution in [0.4, 0.5) is 0 Å². The highest BCUT2D eigenvalue weighted by atomic mass is 32.2. The van der Waals surface area contributed by atoms with Gasteiger partial charge in [-0.15, -0.1) is 11.3 Å². The molecule has 1 unspecified atom stereocenters. The molecule has 0 amide bonds. The third kappa shape index (κ3) is 4.40. The Labute approximate surface area is 187 Å². The van der Waals surface area contributed by atoms with Crippen molar-refractivity contribution in [3.63, 3.8) is 0 Å². The molecule has 6 nitrogen and oxygen atoms in total. The van der Waals surface area contributed by atoms with E-state index in [-0.39, 0.29) is 6.04 Å². The van der Waals surface area contributed by atoms with Gasteiger partial charge in [-0.1, -0.05) is 30.7 Å². The van der Waals surface area contributed by atoms with E-state index in [4.69, 9.17) is 9.72 Å². The molecule has 5 rings (SSSR count). The van der Waals surface area contributed by atoms with Crippen LogP contribution in [0.15, 0.2) is 53.4 Å². The summed E-state index contributed by atoms with van der Waals surface area (Å²) >= 11 is 1.78. The molecule has 0 radical (unpaired) electrons. The fourth-order valence-electron chi connectivity index (χ4n) is 4.47. The number of hydrogen-bond acceptors (Lipinski definition) is 6. The summed E-state index contributed by atoms with van der Waals surface area (Å²) in [5, 5.41) is 1.16. The van der Waals surface area contributed by atoms with Gasteiger partial charge in [0.15, 0.2) is 0 Å². The average molecular weight is 458 g/mol. The van der Waals surface area contributed by atoms with E-state index in [1.807, 2.05) is 24.3 Å². The molecule has 164 valence electrons. The minimum Gasteiger partial charge on any atom is -0.379 e. The van der Waals surface area contributed by atoms with Crippen LogP contribution >= 0.6 is 11.3 Å². The lowest BCUT2D eigenvalue weighted by atomic mass is 10.0. The van der Waals surface area contributed by atoms with Crippen molar-refractivity contribution in [2.75, 3.05) is 32.8 Å². The predicted octanol–water partition coefficient (Wildman–Crippen LogP) is 4.04. The summed E-state index contributed by atoms with van der Waals surface area (Å²) in [6.07, 6.45) is 3.45. The number of nitrogens with zero attached hydrogens (tertiary/aromatic N) is 3. The summed E-state index contributed by atoms with van der Waals surface area (Å²) in [5.74, 6) is 0. The van der Waals surface area contributed by atoms with E-state index in [0.29, 0.717) is 31.2 Å². The summed E-state index contributed by atoms with van der Waals surface area (Å²) in [6, 6.07) is 16.0. The zero-order chi connectivity index (χ0) is 21.3. The van der Waals surface area contributed by atoms with Gasteiger partial charge < -0.3 is 4.74 Å². The Morgan fingerprint density at radius 1 is 1.03 bits per heavy atom. The quantitative estimate of drug-likeness (QED) is 0.579. The number of rotatable bonds is 5. The van der Waals surface area contributed by atoms with Crippen molar-refractivity contribution in [1.29, 1.82) is 0 Å². The largest absolute Gasteiger partial charge is 0.379 e. The fraction of sp³-hybridized carbons (Fsp3) is 0.435. The van der Waals surface area contributed by atoms with Crippen LogP contribution in [0.25, 0.3) is 10.2 Å². The number of fused-ring (bicyclic) bond motifs is 1. The van der Waals surface area contributed by atoms with Gasteiger partial charge in [0.1, 0.15) is 5.01 Å². The summed E-state index contributed by atoms with van der Waals surface area (Å²) < 4.78 is 34.2. The second-order valence-electron chi connectivity index (χ2n) is 8.17. The van der Waals surface area contributed by atoms with Gasteiger partial charge >= 0.3 is 0 Å². The van der Waals surface area contributed by atoms with Crippen LogP contribution in [0.5, 0.6) is 0 Å². The van der Waals surface area contributed by atoms with Gasteiger partial charge in [0, 0.05) is 19.6 Å². The van der Waals surface area contributed by atoms with Crippen LogP contribution in [0.2, 0.25) is 0 Å². The van der Waals surface area contributed by atoms with E-state index in [1.54, 1.807) is 17.4 Å². The number of thiazole rings is 1. The topological polar surface area (TPSA) is 62.7 Å². The Kier molecular flexibility index (Phi) is 6.08. The minimum absolute atomic E-state index is 0.283. The first-order valence-corrected chi connectivity index (χ1v) is 13.1. The van der Waals surface area contributed by atoms with Gasteiger partial charge in [-0.25, -0.2) is 13.4 Å². The van der Waals surface area contributed by atoms with Crippen LogP contribution in [-0.4, -0.2) is 55.5 Å². The molecule has 2 aliphatic heterocycles. The number of piperidine rings is 1. The predicted molar refractivity (Wildman–Crippen MR) is 123 cm³/mol. The van der Waals surface area contributed by atoms with Gasteiger partial charge in [0.25, 0.3) is 0 Å². The second kappa shape index (κ2) is 8.96. The zero-order valence-corrected chi connectivity index (χ0v) is 19.1. The van der Waals surface area contributed by atoms with Crippen LogP contribution in [0, 0.1) is 0 Å². The van der Waals surface area contributed by atoms with Crippen LogP contribution in [0.1, 0.15) is 35.9 Å². The molecule has 0 N–H and O–H groups in total. The molecule has 2 saturated heterocycles. The molecule has 0 bridgehead atoms. The lowest BCUT2D eigenvalue weighted by molar-refractivity contribution is 0.0730. The van der Waals surface area contributed by atoms with E-state index in [9.17, 15) is 8.42 Å². The normalized spacial score (nSPS) is 21.5. The van der Waals surface area contributed by atoms with E-state index < -0.39 is 10.0 Å². The maximum Gasteiger partial charge on any atom is 0.243 e. The van der Waals surface area contributed by atoms with E-state index in [1.165, 1.54) is 15.4 Å². The number of likely N-dealkylation sites (tertiary alicyclic amines) is 1. The first-order chi connectivity index (χ1) is 15.1. The van der Waals surface area contributed by atoms with Crippen molar-refractivity contribution in [2.45, 2.75) is 36.7 Å². The summed E-state index contributed by atoms with van der Waals surface area (Å²) in [4.78, 5) is 7.74. The van der Waals surface area contributed by atoms with Gasteiger partial charge in [0.2, 0.25) is 10.0 Å². The lowest BCUT2D eigenvalue weighted by Gasteiger charge is -2.34. The molecule has 2 aromatic carbocycles. The van der Waals surface area contributed by atoms with Gasteiger partial charge in [-0.2, -0.15) is 4.31 Å². The first kappa shape index (κ1) is 21.0. The minimum atomic E-state index is -3.48. The highest BCUT2D eigenvalue weighted by Gasteiger charge is 2.29. The fourth-order valence-corrected chi connectivity index (χ4v) is 7.08. The number of aromatic nitrogens is 1. The molecule has 1 aromatic heterocycles. The number of morpholine rings is 1. The smallest absolute Gasteiger partial charge is 0.243 e. The van der Waals surface area contributed by atoms with Gasteiger partial charge in [0.05, 0.1) is 34.4 Å². The highest BCUT2D eigenvalue weighted by Crippen LogP contribution is 2.36. The molecule has 8 heteroatoms. The van der Waals surface area contributed by atoms with Crippen molar-refractivity contribution in [1.82, 2.24) is 14.2 Å². The van der Waals surface area contributed by atoms with Crippen molar-refractivity contribution in [2.24, 2.45) is 0 Å². The molecule has 2 aliphatic rings. The molecular weight excluding hydrogens is 430 g/mol. The average Bonchev–Trinajstić information content (AvgIpc) is 3.24. The number of hydrogen-bond donors (Lipinski definition) is 0. The Morgan fingerprint density at radius 2 is 1.87 bits per heavy atom. The Balaban J connectivity index is 1.38. The van der Waals surface area contributed by atoms with Crippen molar-refractivity contribution in [3.8, 4) is 0 Å². The maximum atomic E-state index is 13.1. The zero-order valence-electron chi connectivity index (χ0n) is 17.4. The number of sulfonamides is 1. The Morgan fingerprint density at radius 3 is 2.71 bits per heavy atom. The van der Waals surface area contributed by atoms with Crippen molar-refractivity contribution < 1.29 is 13.2 Å². The van der Waals surface area contributed by atoms with E-state index in [2.05, 4.69) is 23.1 Å². The van der Waals surface area contributed by atoms with Gasteiger partial charge in [-0.3, -0.25) is 4.90 Å². The van der Waals surface area contributed by atoms with E-state index in [0.717, 1.165) is 42.0 Å². The van der Waals surface area contributed by atoms with Crippen molar-refractivity contribution >= 4 is 31.6 Å². The second-order valence-corrected chi connectivity index (χ2v) is 11.2. The molecule has 0 spiro atoms. The number of benzene rings is 2. The monoisotopic (exact) mass is 457 g/mol. The van der Waals surface area contributed by atoms with E-state index >= 15 is 0 Å². The van der Waals surface area contributed by atoms with Gasteiger partial charge in [-0.05, 0) is 49.2 Å². The molecular formula is C23H27N3O3S2. The molecule has 31 heavy (non-hydrogen) atoms. The molecule has 3 aromatic rings. The SMILES string of the molecule is O=S(=O)(c1cccc(CN2CCCCC2c2nc3ccccc3s2)c1)N1CCOCC1. The number of para-hydroxylation sites is 1. The third-order valence-electron chi connectivity index (χ3n) is 6.10. The summed E-state index contributed by atoms with van der Waals surface area (Å²) in [5.41, 5.74) is 2.09. The third-order valence-corrected chi connectivity index (χ3v) is 9.13. The Bertz CT molecular complexity index is 1120. The molecule has 1 atom stereocenters. The maximum absolute atomic E-state index is 13.1. The first-order valence-electron chi connectivity index (χ1n) is 10.9. The van der Waals surface area contributed by atoms with Crippen LogP contribution < -0.4 is 0 Å². The number of ether oxygens (including phenoxy) is 1. The molecule has 2 fully saturated rings. The summed E-state index contributed by atoms with van der Waals surface area (Å²) in [7, 11) is -3.48. The van der Waals surface area contributed by atoms with Crippen LogP contribution in [0.3, 0.4) is 0 Å². The van der Waals surface area contributed by atoms with Crippen LogP contribution in [-0.2, 0) is 21.3 Å². The molecule has 0 saturated carbocycles. The Hall–Kier alpha value is -1.84. The van der Waals surface area contributed by atoms with Crippen molar-refractivity contribution in [3.05, 3.63) is 59.1 Å². The lowest BCUT2D eigenvalue weighted by Crippen LogP contribution is -2.40. The molecule has 3 heterocycles. The molecule has 0 aliphatic carbocycles. The highest BCUT2D eigenvalue weighted by molar-refractivity contribution is 7.89.